The first-order valence-corrected chi connectivity index (χ1v) is 5.34. The second-order valence-corrected chi connectivity index (χ2v) is 4.01. The number of aromatic nitrogens is 2. The fourth-order valence-corrected chi connectivity index (χ4v) is 2.02. The van der Waals surface area contributed by atoms with E-state index in [4.69, 9.17) is 4.52 Å². The van der Waals surface area contributed by atoms with E-state index in [0.717, 1.165) is 24.8 Å². The molecule has 1 aromatic rings. The van der Waals surface area contributed by atoms with Gasteiger partial charge in [0.05, 0.1) is 6.54 Å². The summed E-state index contributed by atoms with van der Waals surface area (Å²) < 4.78 is 4.89. The van der Waals surface area contributed by atoms with Gasteiger partial charge in [-0.15, -0.1) is 0 Å². The average molecular weight is 195 g/mol. The summed E-state index contributed by atoms with van der Waals surface area (Å²) in [4.78, 5) is 4.13. The summed E-state index contributed by atoms with van der Waals surface area (Å²) in [6.45, 7) is 3.63. The molecule has 0 aliphatic heterocycles. The summed E-state index contributed by atoms with van der Waals surface area (Å²) in [7, 11) is 0. The second kappa shape index (κ2) is 4.55. The Morgan fingerprint density at radius 2 is 2.21 bits per heavy atom. The SMILES string of the molecule is Cc1nc(CNCC2CCCC2)no1. The zero-order chi connectivity index (χ0) is 9.80. The Morgan fingerprint density at radius 3 is 2.86 bits per heavy atom. The minimum Gasteiger partial charge on any atom is -0.340 e. The molecule has 78 valence electrons. The summed E-state index contributed by atoms with van der Waals surface area (Å²) in [6, 6.07) is 0. The molecule has 0 bridgehead atoms. The van der Waals surface area contributed by atoms with Crippen molar-refractivity contribution in [1.29, 1.82) is 0 Å². The van der Waals surface area contributed by atoms with Gasteiger partial charge in [-0.25, -0.2) is 0 Å². The number of aryl methyl sites for hydroxylation is 1. The van der Waals surface area contributed by atoms with Crippen LogP contribution in [-0.4, -0.2) is 16.7 Å². The summed E-state index contributed by atoms with van der Waals surface area (Å²) >= 11 is 0. The van der Waals surface area contributed by atoms with E-state index in [0.29, 0.717) is 5.89 Å². The maximum absolute atomic E-state index is 4.89. The van der Waals surface area contributed by atoms with Gasteiger partial charge in [-0.1, -0.05) is 18.0 Å². The van der Waals surface area contributed by atoms with Crippen molar-refractivity contribution in [2.24, 2.45) is 5.92 Å². The van der Waals surface area contributed by atoms with Crippen LogP contribution in [0.4, 0.5) is 0 Å². The van der Waals surface area contributed by atoms with Crippen LogP contribution in [0.25, 0.3) is 0 Å². The molecule has 4 heteroatoms. The second-order valence-electron chi connectivity index (χ2n) is 4.01. The first-order chi connectivity index (χ1) is 6.84. The van der Waals surface area contributed by atoms with Gasteiger partial charge >= 0.3 is 0 Å². The number of nitrogens with zero attached hydrogens (tertiary/aromatic N) is 2. The van der Waals surface area contributed by atoms with E-state index in [1.54, 1.807) is 0 Å². The fraction of sp³-hybridized carbons (Fsp3) is 0.800. The molecular formula is C10H17N3O. The molecule has 1 aliphatic rings. The minimum absolute atomic E-state index is 0.641. The highest BCUT2D eigenvalue weighted by Crippen LogP contribution is 2.23. The molecule has 0 spiro atoms. The molecule has 0 radical (unpaired) electrons. The van der Waals surface area contributed by atoms with Crippen molar-refractivity contribution >= 4 is 0 Å². The van der Waals surface area contributed by atoms with Crippen LogP contribution in [0, 0.1) is 12.8 Å². The number of nitrogens with one attached hydrogen (secondary N) is 1. The van der Waals surface area contributed by atoms with E-state index in [2.05, 4.69) is 15.5 Å². The van der Waals surface area contributed by atoms with Crippen molar-refractivity contribution in [1.82, 2.24) is 15.5 Å². The standard InChI is InChI=1S/C10H17N3O/c1-8-12-10(13-14-8)7-11-6-9-4-2-3-5-9/h9,11H,2-7H2,1H3. The molecule has 1 N–H and O–H groups in total. The topological polar surface area (TPSA) is 51.0 Å². The van der Waals surface area contributed by atoms with Crippen molar-refractivity contribution in [2.75, 3.05) is 6.54 Å². The average Bonchev–Trinajstić information content (AvgIpc) is 2.77. The van der Waals surface area contributed by atoms with Gasteiger partial charge in [0.25, 0.3) is 0 Å². The Labute approximate surface area is 84.1 Å². The van der Waals surface area contributed by atoms with Crippen LogP contribution in [0.15, 0.2) is 4.52 Å². The first-order valence-electron chi connectivity index (χ1n) is 5.34. The quantitative estimate of drug-likeness (QED) is 0.793. The molecule has 1 heterocycles. The molecule has 1 aromatic heterocycles. The molecule has 0 atom stereocenters. The van der Waals surface area contributed by atoms with Gasteiger partial charge < -0.3 is 9.84 Å². The highest BCUT2D eigenvalue weighted by atomic mass is 16.5. The van der Waals surface area contributed by atoms with E-state index >= 15 is 0 Å². The predicted molar refractivity (Wildman–Crippen MR) is 52.7 cm³/mol. The molecule has 0 saturated heterocycles. The van der Waals surface area contributed by atoms with Gasteiger partial charge in [0.15, 0.2) is 5.82 Å². The van der Waals surface area contributed by atoms with Gasteiger partial charge in [-0.3, -0.25) is 0 Å². The largest absolute Gasteiger partial charge is 0.340 e. The number of rotatable bonds is 4. The Balaban J connectivity index is 1.67. The van der Waals surface area contributed by atoms with Crippen LogP contribution in [0.5, 0.6) is 0 Å². The van der Waals surface area contributed by atoms with Crippen LogP contribution < -0.4 is 5.32 Å². The van der Waals surface area contributed by atoms with Gasteiger partial charge in [0.2, 0.25) is 5.89 Å². The maximum Gasteiger partial charge on any atom is 0.223 e. The monoisotopic (exact) mass is 195 g/mol. The Bertz CT molecular complexity index is 279. The van der Waals surface area contributed by atoms with Crippen molar-refractivity contribution in [3.8, 4) is 0 Å². The van der Waals surface area contributed by atoms with Crippen molar-refractivity contribution in [2.45, 2.75) is 39.2 Å². The molecule has 0 aromatic carbocycles. The van der Waals surface area contributed by atoms with Gasteiger partial charge in [0, 0.05) is 6.92 Å². The van der Waals surface area contributed by atoms with Crippen LogP contribution in [0.2, 0.25) is 0 Å². The lowest BCUT2D eigenvalue weighted by molar-refractivity contribution is 0.383. The summed E-state index contributed by atoms with van der Waals surface area (Å²) in [5.74, 6) is 2.27. The highest BCUT2D eigenvalue weighted by molar-refractivity contribution is 4.83. The molecular weight excluding hydrogens is 178 g/mol. The van der Waals surface area contributed by atoms with Crippen LogP contribution in [0.3, 0.4) is 0 Å². The zero-order valence-electron chi connectivity index (χ0n) is 8.62. The van der Waals surface area contributed by atoms with E-state index in [1.165, 1.54) is 25.7 Å². The van der Waals surface area contributed by atoms with Crippen LogP contribution in [0.1, 0.15) is 37.4 Å². The van der Waals surface area contributed by atoms with Gasteiger partial charge in [-0.05, 0) is 25.3 Å². The summed E-state index contributed by atoms with van der Waals surface area (Å²) in [6.07, 6.45) is 5.54. The summed E-state index contributed by atoms with van der Waals surface area (Å²) in [5, 5.41) is 7.20. The smallest absolute Gasteiger partial charge is 0.223 e. The normalized spacial score (nSPS) is 17.8. The molecule has 0 amide bonds. The number of hydrogen-bond donors (Lipinski definition) is 1. The zero-order valence-corrected chi connectivity index (χ0v) is 8.62. The lowest BCUT2D eigenvalue weighted by Crippen LogP contribution is -2.21. The minimum atomic E-state index is 0.641. The third-order valence-electron chi connectivity index (χ3n) is 2.76. The number of hydrogen-bond acceptors (Lipinski definition) is 4. The van der Waals surface area contributed by atoms with E-state index in [-0.39, 0.29) is 0 Å². The van der Waals surface area contributed by atoms with E-state index < -0.39 is 0 Å². The molecule has 2 rings (SSSR count). The van der Waals surface area contributed by atoms with Gasteiger partial charge in [0.1, 0.15) is 0 Å². The molecule has 14 heavy (non-hydrogen) atoms. The summed E-state index contributed by atoms with van der Waals surface area (Å²) in [5.41, 5.74) is 0. The third kappa shape index (κ3) is 2.54. The molecule has 0 unspecified atom stereocenters. The Hall–Kier alpha value is -0.900. The van der Waals surface area contributed by atoms with Crippen LogP contribution in [-0.2, 0) is 6.54 Å². The van der Waals surface area contributed by atoms with Crippen molar-refractivity contribution in [3.05, 3.63) is 11.7 Å². The van der Waals surface area contributed by atoms with Crippen LogP contribution >= 0.6 is 0 Å². The molecule has 1 saturated carbocycles. The first kappa shape index (κ1) is 9.65. The Morgan fingerprint density at radius 1 is 1.43 bits per heavy atom. The lowest BCUT2D eigenvalue weighted by Gasteiger charge is -2.08. The van der Waals surface area contributed by atoms with E-state index in [9.17, 15) is 0 Å². The fourth-order valence-electron chi connectivity index (χ4n) is 2.02. The third-order valence-corrected chi connectivity index (χ3v) is 2.76. The van der Waals surface area contributed by atoms with Crippen molar-refractivity contribution in [3.63, 3.8) is 0 Å². The van der Waals surface area contributed by atoms with E-state index in [1.807, 2.05) is 6.92 Å². The lowest BCUT2D eigenvalue weighted by atomic mass is 10.1. The molecule has 4 nitrogen and oxygen atoms in total. The highest BCUT2D eigenvalue weighted by Gasteiger charge is 2.14. The predicted octanol–water partition coefficient (Wildman–Crippen LogP) is 1.66. The molecule has 1 fully saturated rings. The molecule has 1 aliphatic carbocycles. The van der Waals surface area contributed by atoms with Gasteiger partial charge in [-0.2, -0.15) is 4.98 Å². The Kier molecular flexibility index (Phi) is 3.14. The van der Waals surface area contributed by atoms with Crippen molar-refractivity contribution < 1.29 is 4.52 Å². The maximum atomic E-state index is 4.89.